The maximum Gasteiger partial charge on any atom is 0.374 e. The number of para-hydroxylation sites is 1. The number of fused-ring (bicyclic) bond motifs is 1. The molecule has 162 valence electrons. The second kappa shape index (κ2) is 9.16. The summed E-state index contributed by atoms with van der Waals surface area (Å²) in [6, 6.07) is 9.05. The minimum absolute atomic E-state index is 0.0937. The van der Waals surface area contributed by atoms with E-state index in [1.54, 1.807) is 31.2 Å². The molecule has 0 fully saturated rings. The SMILES string of the molecule is CCOC(=O)c1oc2ccccc2c1COC(=O)c1cc(OC)c(OC)cc1[N+](=O)[O-]. The zero-order chi connectivity index (χ0) is 22.5. The number of nitrogens with zero attached hydrogens (tertiary/aromatic N) is 1. The highest BCUT2D eigenvalue weighted by Gasteiger charge is 2.28. The molecule has 2 aromatic carbocycles. The van der Waals surface area contributed by atoms with Gasteiger partial charge in [-0.15, -0.1) is 0 Å². The summed E-state index contributed by atoms with van der Waals surface area (Å²) in [5, 5.41) is 12.0. The molecule has 0 aliphatic rings. The monoisotopic (exact) mass is 429 g/mol. The van der Waals surface area contributed by atoms with Crippen LogP contribution >= 0.6 is 0 Å². The van der Waals surface area contributed by atoms with Crippen LogP contribution in [0.1, 0.15) is 33.4 Å². The first-order chi connectivity index (χ1) is 14.9. The quantitative estimate of drug-likeness (QED) is 0.297. The van der Waals surface area contributed by atoms with Gasteiger partial charge in [0.05, 0.1) is 37.4 Å². The van der Waals surface area contributed by atoms with E-state index in [0.717, 1.165) is 6.07 Å². The molecule has 3 rings (SSSR count). The number of hydrogen-bond donors (Lipinski definition) is 0. The molecule has 0 bridgehead atoms. The summed E-state index contributed by atoms with van der Waals surface area (Å²) in [6.45, 7) is 1.42. The Bertz CT molecular complexity index is 1150. The van der Waals surface area contributed by atoms with Crippen molar-refractivity contribution < 1.29 is 37.9 Å². The first-order valence-corrected chi connectivity index (χ1v) is 9.16. The van der Waals surface area contributed by atoms with Crippen LogP contribution in [0.4, 0.5) is 5.69 Å². The van der Waals surface area contributed by atoms with Crippen LogP contribution in [0.2, 0.25) is 0 Å². The number of ether oxygens (including phenoxy) is 4. The van der Waals surface area contributed by atoms with Crippen molar-refractivity contribution in [1.29, 1.82) is 0 Å². The Balaban J connectivity index is 1.96. The Morgan fingerprint density at radius 3 is 2.35 bits per heavy atom. The topological polar surface area (TPSA) is 127 Å². The summed E-state index contributed by atoms with van der Waals surface area (Å²) in [6.07, 6.45) is 0. The summed E-state index contributed by atoms with van der Waals surface area (Å²) in [4.78, 5) is 35.7. The van der Waals surface area contributed by atoms with E-state index in [0.29, 0.717) is 16.5 Å². The van der Waals surface area contributed by atoms with Crippen molar-refractivity contribution in [2.45, 2.75) is 13.5 Å². The molecule has 10 nitrogen and oxygen atoms in total. The molecule has 3 aromatic rings. The molecule has 10 heteroatoms. The summed E-state index contributed by atoms with van der Waals surface area (Å²) < 4.78 is 26.0. The predicted octanol–water partition coefficient (Wildman–Crippen LogP) is 3.89. The third-order valence-electron chi connectivity index (χ3n) is 4.43. The lowest BCUT2D eigenvalue weighted by molar-refractivity contribution is -0.385. The standard InChI is InChI=1S/C21H19NO9/c1-4-29-21(24)19-14(12-7-5-6-8-16(12)31-19)11-30-20(23)13-9-17(27-2)18(28-3)10-15(13)22(25)26/h5-10H,4,11H2,1-3H3. The molecule has 1 aromatic heterocycles. The van der Waals surface area contributed by atoms with Crippen LogP contribution < -0.4 is 9.47 Å². The van der Waals surface area contributed by atoms with Gasteiger partial charge >= 0.3 is 11.9 Å². The van der Waals surface area contributed by atoms with E-state index in [2.05, 4.69) is 0 Å². The number of rotatable bonds is 8. The summed E-state index contributed by atoms with van der Waals surface area (Å²) in [5.74, 6) is -1.57. The molecule has 0 aliphatic heterocycles. The maximum absolute atomic E-state index is 12.7. The Morgan fingerprint density at radius 1 is 1.03 bits per heavy atom. The Hall–Kier alpha value is -4.08. The minimum atomic E-state index is -0.979. The predicted molar refractivity (Wildman–Crippen MR) is 107 cm³/mol. The maximum atomic E-state index is 12.7. The molecule has 1 heterocycles. The van der Waals surface area contributed by atoms with Crippen LogP contribution in [0.3, 0.4) is 0 Å². The Labute approximate surface area is 176 Å². The number of carbonyl (C=O) groups is 2. The molecule has 0 N–H and O–H groups in total. The van der Waals surface area contributed by atoms with Crippen LogP contribution in [0, 0.1) is 10.1 Å². The van der Waals surface area contributed by atoms with Gasteiger partial charge in [0, 0.05) is 11.5 Å². The summed E-state index contributed by atoms with van der Waals surface area (Å²) in [7, 11) is 2.66. The van der Waals surface area contributed by atoms with Crippen molar-refractivity contribution >= 4 is 28.6 Å². The van der Waals surface area contributed by atoms with Gasteiger partial charge in [0.25, 0.3) is 5.69 Å². The zero-order valence-electron chi connectivity index (χ0n) is 17.0. The van der Waals surface area contributed by atoms with E-state index >= 15 is 0 Å². The fourth-order valence-electron chi connectivity index (χ4n) is 3.00. The van der Waals surface area contributed by atoms with E-state index in [1.165, 1.54) is 20.3 Å². The number of benzene rings is 2. The number of esters is 2. The van der Waals surface area contributed by atoms with Crippen LogP contribution in [0.5, 0.6) is 11.5 Å². The lowest BCUT2D eigenvalue weighted by Crippen LogP contribution is -2.11. The zero-order valence-corrected chi connectivity index (χ0v) is 17.0. The first kappa shape index (κ1) is 21.6. The van der Waals surface area contributed by atoms with Crippen molar-refractivity contribution in [2.75, 3.05) is 20.8 Å². The van der Waals surface area contributed by atoms with E-state index in [4.69, 9.17) is 23.4 Å². The molecule has 0 saturated carbocycles. The van der Waals surface area contributed by atoms with Gasteiger partial charge in [-0.1, -0.05) is 18.2 Å². The minimum Gasteiger partial charge on any atom is -0.493 e. The van der Waals surface area contributed by atoms with E-state index in [9.17, 15) is 19.7 Å². The smallest absolute Gasteiger partial charge is 0.374 e. The molecule has 31 heavy (non-hydrogen) atoms. The van der Waals surface area contributed by atoms with E-state index in [1.807, 2.05) is 0 Å². The highest BCUT2D eigenvalue weighted by molar-refractivity contribution is 5.97. The van der Waals surface area contributed by atoms with Crippen molar-refractivity contribution in [3.05, 3.63) is 63.4 Å². The first-order valence-electron chi connectivity index (χ1n) is 9.16. The van der Waals surface area contributed by atoms with Crippen LogP contribution in [0.15, 0.2) is 40.8 Å². The summed E-state index contributed by atoms with van der Waals surface area (Å²) >= 11 is 0. The molecule has 0 saturated heterocycles. The molecule has 0 amide bonds. The molecule has 0 atom stereocenters. The highest BCUT2D eigenvalue weighted by Crippen LogP contribution is 2.35. The lowest BCUT2D eigenvalue weighted by atomic mass is 10.1. The lowest BCUT2D eigenvalue weighted by Gasteiger charge is -2.10. The average Bonchev–Trinajstić information content (AvgIpc) is 3.15. The van der Waals surface area contributed by atoms with Gasteiger partial charge in [-0.05, 0) is 13.0 Å². The van der Waals surface area contributed by atoms with Gasteiger partial charge in [-0.3, -0.25) is 10.1 Å². The normalized spacial score (nSPS) is 10.5. The Kier molecular flexibility index (Phi) is 6.39. The number of hydrogen-bond acceptors (Lipinski definition) is 9. The Morgan fingerprint density at radius 2 is 1.71 bits per heavy atom. The molecule has 0 radical (unpaired) electrons. The second-order valence-electron chi connectivity index (χ2n) is 6.18. The van der Waals surface area contributed by atoms with Gasteiger partial charge in [0.15, 0.2) is 11.5 Å². The molecular weight excluding hydrogens is 410 g/mol. The van der Waals surface area contributed by atoms with Crippen molar-refractivity contribution in [2.24, 2.45) is 0 Å². The van der Waals surface area contributed by atoms with Crippen molar-refractivity contribution in [1.82, 2.24) is 0 Å². The van der Waals surface area contributed by atoms with Crippen LogP contribution in [-0.2, 0) is 16.1 Å². The number of carbonyl (C=O) groups excluding carboxylic acids is 2. The number of furan rings is 1. The van der Waals surface area contributed by atoms with Crippen molar-refractivity contribution in [3.63, 3.8) is 0 Å². The van der Waals surface area contributed by atoms with Crippen LogP contribution in [-0.4, -0.2) is 37.7 Å². The fraction of sp³-hybridized carbons (Fsp3) is 0.238. The highest BCUT2D eigenvalue weighted by atomic mass is 16.6. The molecular formula is C21H19NO9. The second-order valence-corrected chi connectivity index (χ2v) is 6.18. The van der Waals surface area contributed by atoms with Gasteiger partial charge < -0.3 is 23.4 Å². The van der Waals surface area contributed by atoms with Gasteiger partial charge in [-0.2, -0.15) is 0 Å². The largest absolute Gasteiger partial charge is 0.493 e. The van der Waals surface area contributed by atoms with Gasteiger partial charge in [-0.25, -0.2) is 9.59 Å². The number of methoxy groups -OCH3 is 2. The summed E-state index contributed by atoms with van der Waals surface area (Å²) in [5.41, 5.74) is -0.127. The molecule has 0 unspecified atom stereocenters. The molecule has 0 aliphatic carbocycles. The van der Waals surface area contributed by atoms with E-state index < -0.39 is 22.5 Å². The fourth-order valence-corrected chi connectivity index (χ4v) is 3.00. The van der Waals surface area contributed by atoms with Gasteiger partial charge in [0.2, 0.25) is 5.76 Å². The molecule has 0 spiro atoms. The van der Waals surface area contributed by atoms with Crippen molar-refractivity contribution in [3.8, 4) is 11.5 Å². The average molecular weight is 429 g/mol. The third-order valence-corrected chi connectivity index (χ3v) is 4.43. The number of nitro benzene ring substituents is 1. The number of nitro groups is 1. The van der Waals surface area contributed by atoms with E-state index in [-0.39, 0.29) is 36.0 Å². The third kappa shape index (κ3) is 4.27. The van der Waals surface area contributed by atoms with Gasteiger partial charge in [0.1, 0.15) is 17.8 Å². The van der Waals surface area contributed by atoms with Crippen LogP contribution in [0.25, 0.3) is 11.0 Å².